The Hall–Kier alpha value is -2.51. The molecular weight excluding hydrogens is 342 g/mol. The maximum atomic E-state index is 5.56. The molecule has 2 aromatic rings. The van der Waals surface area contributed by atoms with E-state index in [2.05, 4.69) is 49.4 Å². The molecule has 0 aliphatic carbocycles. The summed E-state index contributed by atoms with van der Waals surface area (Å²) in [7, 11) is 1.62. The lowest BCUT2D eigenvalue weighted by molar-refractivity contribution is 0.330. The van der Waals surface area contributed by atoms with E-state index in [1.807, 2.05) is 18.2 Å². The Morgan fingerprint density at radius 3 is 2.50 bits per heavy atom. The SMILES string of the molecule is C#CCOc1ccc(CC(C)C(=S)NCc2ccc(C)cc2)cc1OC. The molecule has 0 spiro atoms. The van der Waals surface area contributed by atoms with Crippen molar-refractivity contribution < 1.29 is 9.47 Å². The van der Waals surface area contributed by atoms with Crippen LogP contribution in [0.5, 0.6) is 11.5 Å². The number of terminal acetylenes is 1. The van der Waals surface area contributed by atoms with Crippen LogP contribution in [0.15, 0.2) is 42.5 Å². The molecule has 0 aliphatic heterocycles. The molecule has 0 fully saturated rings. The van der Waals surface area contributed by atoms with Gasteiger partial charge in [-0.1, -0.05) is 61.0 Å². The first-order valence-electron chi connectivity index (χ1n) is 8.60. The van der Waals surface area contributed by atoms with E-state index < -0.39 is 0 Å². The highest BCUT2D eigenvalue weighted by Crippen LogP contribution is 2.29. The van der Waals surface area contributed by atoms with Crippen LogP contribution >= 0.6 is 12.2 Å². The van der Waals surface area contributed by atoms with Gasteiger partial charge in [0.2, 0.25) is 0 Å². The number of ether oxygens (including phenoxy) is 2. The highest BCUT2D eigenvalue weighted by atomic mass is 32.1. The van der Waals surface area contributed by atoms with Crippen LogP contribution in [0, 0.1) is 25.2 Å². The highest BCUT2D eigenvalue weighted by Gasteiger charge is 2.12. The number of nitrogens with one attached hydrogen (secondary N) is 1. The molecule has 0 heterocycles. The van der Waals surface area contributed by atoms with Gasteiger partial charge in [-0.25, -0.2) is 0 Å². The quantitative estimate of drug-likeness (QED) is 0.556. The molecular formula is C22H25NO2S. The zero-order valence-electron chi connectivity index (χ0n) is 15.5. The van der Waals surface area contributed by atoms with Crippen molar-refractivity contribution in [1.29, 1.82) is 0 Å². The lowest BCUT2D eigenvalue weighted by atomic mass is 10.0. The van der Waals surface area contributed by atoms with Crippen LogP contribution in [-0.4, -0.2) is 18.7 Å². The summed E-state index contributed by atoms with van der Waals surface area (Å²) in [5.41, 5.74) is 3.62. The Balaban J connectivity index is 1.93. The van der Waals surface area contributed by atoms with Crippen molar-refractivity contribution in [3.05, 3.63) is 59.2 Å². The summed E-state index contributed by atoms with van der Waals surface area (Å²) in [4.78, 5) is 0.859. The molecule has 1 atom stereocenters. The predicted octanol–water partition coefficient (Wildman–Crippen LogP) is 4.31. The molecule has 0 radical (unpaired) electrons. The van der Waals surface area contributed by atoms with Crippen molar-refractivity contribution in [3.8, 4) is 23.8 Å². The molecule has 0 aliphatic rings. The zero-order chi connectivity index (χ0) is 18.9. The second-order valence-corrected chi connectivity index (χ2v) is 6.73. The van der Waals surface area contributed by atoms with E-state index in [0.717, 1.165) is 23.5 Å². The van der Waals surface area contributed by atoms with Crippen LogP contribution < -0.4 is 14.8 Å². The summed E-state index contributed by atoms with van der Waals surface area (Å²) in [5, 5.41) is 3.36. The average Bonchev–Trinajstić information content (AvgIpc) is 2.66. The van der Waals surface area contributed by atoms with Gasteiger partial charge in [-0.05, 0) is 36.6 Å². The third-order valence-corrected chi connectivity index (χ3v) is 4.66. The average molecular weight is 368 g/mol. The third-order valence-electron chi connectivity index (χ3n) is 4.12. The molecule has 1 unspecified atom stereocenters. The summed E-state index contributed by atoms with van der Waals surface area (Å²) >= 11 is 5.56. The second kappa shape index (κ2) is 9.84. The number of hydrogen-bond acceptors (Lipinski definition) is 3. The van der Waals surface area contributed by atoms with Crippen molar-refractivity contribution in [1.82, 2.24) is 5.32 Å². The fourth-order valence-corrected chi connectivity index (χ4v) is 2.75. The molecule has 4 heteroatoms. The van der Waals surface area contributed by atoms with Gasteiger partial charge in [-0.3, -0.25) is 0 Å². The van der Waals surface area contributed by atoms with E-state index in [1.54, 1.807) is 7.11 Å². The summed E-state index contributed by atoms with van der Waals surface area (Å²) in [6.07, 6.45) is 6.06. The number of thiocarbonyl (C=S) groups is 1. The Labute approximate surface area is 161 Å². The monoisotopic (exact) mass is 367 g/mol. The fraction of sp³-hybridized carbons (Fsp3) is 0.318. The largest absolute Gasteiger partial charge is 0.493 e. The first-order chi connectivity index (χ1) is 12.5. The molecule has 26 heavy (non-hydrogen) atoms. The standard InChI is InChI=1S/C22H25NO2S/c1-5-12-25-20-11-10-19(14-21(20)24-4)13-17(3)22(26)23-15-18-8-6-16(2)7-9-18/h1,6-11,14,17H,12-13,15H2,2-4H3,(H,23,26). The van der Waals surface area contributed by atoms with Crippen LogP contribution in [-0.2, 0) is 13.0 Å². The van der Waals surface area contributed by atoms with Crippen molar-refractivity contribution in [2.75, 3.05) is 13.7 Å². The van der Waals surface area contributed by atoms with Gasteiger partial charge < -0.3 is 14.8 Å². The van der Waals surface area contributed by atoms with Gasteiger partial charge in [0.15, 0.2) is 11.5 Å². The van der Waals surface area contributed by atoms with Gasteiger partial charge in [0.25, 0.3) is 0 Å². The minimum Gasteiger partial charge on any atom is -0.493 e. The lowest BCUT2D eigenvalue weighted by Crippen LogP contribution is -2.28. The van der Waals surface area contributed by atoms with E-state index >= 15 is 0 Å². The molecule has 136 valence electrons. The zero-order valence-corrected chi connectivity index (χ0v) is 16.4. The van der Waals surface area contributed by atoms with Crippen molar-refractivity contribution in [2.24, 2.45) is 5.92 Å². The Bertz CT molecular complexity index is 778. The van der Waals surface area contributed by atoms with Crippen LogP contribution in [0.3, 0.4) is 0 Å². The van der Waals surface area contributed by atoms with E-state index in [1.165, 1.54) is 11.1 Å². The first kappa shape index (κ1) is 19.8. The summed E-state index contributed by atoms with van der Waals surface area (Å²) < 4.78 is 10.9. The molecule has 1 N–H and O–H groups in total. The van der Waals surface area contributed by atoms with Crippen molar-refractivity contribution >= 4 is 17.2 Å². The van der Waals surface area contributed by atoms with Crippen LogP contribution in [0.25, 0.3) is 0 Å². The van der Waals surface area contributed by atoms with Crippen LogP contribution in [0.4, 0.5) is 0 Å². The highest BCUT2D eigenvalue weighted by molar-refractivity contribution is 7.80. The molecule has 3 nitrogen and oxygen atoms in total. The summed E-state index contributed by atoms with van der Waals surface area (Å²) in [5.74, 6) is 4.02. The van der Waals surface area contributed by atoms with E-state index in [9.17, 15) is 0 Å². The maximum Gasteiger partial charge on any atom is 0.162 e. The van der Waals surface area contributed by atoms with Gasteiger partial charge >= 0.3 is 0 Å². The molecule has 0 amide bonds. The van der Waals surface area contributed by atoms with E-state index in [0.29, 0.717) is 11.5 Å². The van der Waals surface area contributed by atoms with Gasteiger partial charge in [-0.15, -0.1) is 6.42 Å². The molecule has 0 aromatic heterocycles. The van der Waals surface area contributed by atoms with Gasteiger partial charge in [0.1, 0.15) is 6.61 Å². The lowest BCUT2D eigenvalue weighted by Gasteiger charge is -2.17. The molecule has 2 aromatic carbocycles. The Kier molecular flexibility index (Phi) is 7.50. The number of aryl methyl sites for hydroxylation is 1. The third kappa shape index (κ3) is 5.79. The van der Waals surface area contributed by atoms with Crippen molar-refractivity contribution in [2.45, 2.75) is 26.8 Å². The van der Waals surface area contributed by atoms with Crippen LogP contribution in [0.2, 0.25) is 0 Å². The molecule has 2 rings (SSSR count). The fourth-order valence-electron chi connectivity index (χ4n) is 2.59. The Morgan fingerprint density at radius 2 is 1.85 bits per heavy atom. The number of benzene rings is 2. The Morgan fingerprint density at radius 1 is 1.15 bits per heavy atom. The number of rotatable bonds is 8. The van der Waals surface area contributed by atoms with Gasteiger partial charge in [0, 0.05) is 12.5 Å². The van der Waals surface area contributed by atoms with Crippen LogP contribution in [0.1, 0.15) is 23.6 Å². The smallest absolute Gasteiger partial charge is 0.162 e. The molecule has 0 saturated heterocycles. The topological polar surface area (TPSA) is 30.5 Å². The maximum absolute atomic E-state index is 5.56. The number of methoxy groups -OCH3 is 1. The minimum atomic E-state index is 0.220. The molecule has 0 saturated carbocycles. The predicted molar refractivity (Wildman–Crippen MR) is 111 cm³/mol. The van der Waals surface area contributed by atoms with Gasteiger partial charge in [-0.2, -0.15) is 0 Å². The second-order valence-electron chi connectivity index (χ2n) is 6.29. The van der Waals surface area contributed by atoms with Gasteiger partial charge in [0.05, 0.1) is 12.1 Å². The summed E-state index contributed by atoms with van der Waals surface area (Å²) in [6.45, 7) is 5.17. The summed E-state index contributed by atoms with van der Waals surface area (Å²) in [6, 6.07) is 14.4. The normalized spacial score (nSPS) is 11.3. The number of hydrogen-bond donors (Lipinski definition) is 1. The molecule has 0 bridgehead atoms. The van der Waals surface area contributed by atoms with E-state index in [4.69, 9.17) is 28.1 Å². The van der Waals surface area contributed by atoms with E-state index in [-0.39, 0.29) is 12.5 Å². The first-order valence-corrected chi connectivity index (χ1v) is 9.00. The minimum absolute atomic E-state index is 0.220. The van der Waals surface area contributed by atoms with Crippen molar-refractivity contribution in [3.63, 3.8) is 0 Å².